The van der Waals surface area contributed by atoms with Crippen LogP contribution in [0.15, 0.2) is 23.8 Å². The summed E-state index contributed by atoms with van der Waals surface area (Å²) in [5.41, 5.74) is 1.03. The molecule has 0 amide bonds. The molecule has 0 N–H and O–H groups in total. The topological polar surface area (TPSA) is 54.0 Å². The molecule has 4 aliphatic carbocycles. The Hall–Kier alpha value is -1.01. The minimum absolute atomic E-state index is 0.0115. The summed E-state index contributed by atoms with van der Waals surface area (Å²) in [6.45, 7) is 5.53. The van der Waals surface area contributed by atoms with Gasteiger partial charge in [-0.1, -0.05) is 32.1 Å². The third-order valence-corrected chi connectivity index (χ3v) is 6.02. The van der Waals surface area contributed by atoms with Gasteiger partial charge in [0.25, 0.3) is 0 Å². The highest BCUT2D eigenvalue weighted by Gasteiger charge is 2.65. The zero-order chi connectivity index (χ0) is 17.1. The molecule has 5 nitrogen and oxygen atoms in total. The molecule has 1 saturated heterocycles. The third kappa shape index (κ3) is 2.11. The molecule has 24 heavy (non-hydrogen) atoms. The lowest BCUT2D eigenvalue weighted by molar-refractivity contribution is -0.263. The van der Waals surface area contributed by atoms with Crippen molar-refractivity contribution >= 4 is 5.78 Å². The molecule has 2 fully saturated rings. The lowest BCUT2D eigenvalue weighted by Crippen LogP contribution is -2.64. The fourth-order valence-corrected chi connectivity index (χ4v) is 4.89. The van der Waals surface area contributed by atoms with E-state index >= 15 is 0 Å². The van der Waals surface area contributed by atoms with Crippen LogP contribution >= 0.6 is 0 Å². The molecule has 1 heterocycles. The zero-order valence-corrected chi connectivity index (χ0v) is 14.8. The first-order chi connectivity index (χ1) is 11.4. The van der Waals surface area contributed by atoms with Crippen LogP contribution in [0.4, 0.5) is 0 Å². The van der Waals surface area contributed by atoms with Crippen LogP contribution in [0, 0.1) is 29.1 Å². The Morgan fingerprint density at radius 2 is 1.83 bits per heavy atom. The Morgan fingerprint density at radius 3 is 2.46 bits per heavy atom. The summed E-state index contributed by atoms with van der Waals surface area (Å²) in [5, 5.41) is 0. The van der Waals surface area contributed by atoms with E-state index in [0.29, 0.717) is 19.1 Å². The van der Waals surface area contributed by atoms with Crippen LogP contribution in [0.2, 0.25) is 0 Å². The van der Waals surface area contributed by atoms with Crippen molar-refractivity contribution in [2.45, 2.75) is 32.3 Å². The maximum absolute atomic E-state index is 13.0. The molecule has 0 radical (unpaired) electrons. The Bertz CT molecular complexity index is 591. The number of allylic oxidation sites excluding steroid dienone is 3. The van der Waals surface area contributed by atoms with E-state index < -0.39 is 12.1 Å². The number of ether oxygens (including phenoxy) is 4. The van der Waals surface area contributed by atoms with Gasteiger partial charge in [-0.3, -0.25) is 4.79 Å². The van der Waals surface area contributed by atoms with Crippen molar-refractivity contribution in [3.8, 4) is 0 Å². The van der Waals surface area contributed by atoms with Crippen LogP contribution < -0.4 is 0 Å². The van der Waals surface area contributed by atoms with Crippen molar-refractivity contribution < 1.29 is 23.7 Å². The third-order valence-electron chi connectivity index (χ3n) is 6.02. The van der Waals surface area contributed by atoms with Crippen LogP contribution in [0.25, 0.3) is 0 Å². The molecule has 132 valence electrons. The van der Waals surface area contributed by atoms with E-state index in [1.807, 2.05) is 0 Å². The lowest BCUT2D eigenvalue weighted by Gasteiger charge is -2.54. The zero-order valence-electron chi connectivity index (χ0n) is 14.8. The molecule has 2 bridgehead atoms. The van der Waals surface area contributed by atoms with Gasteiger partial charge in [0.1, 0.15) is 0 Å². The summed E-state index contributed by atoms with van der Waals surface area (Å²) in [5.74, 6) is -1.06. The minimum Gasteiger partial charge on any atom is -0.348 e. The molecule has 5 aliphatic rings. The van der Waals surface area contributed by atoms with Crippen LogP contribution in [0.5, 0.6) is 0 Å². The number of carbonyl (C=O) groups is 1. The van der Waals surface area contributed by atoms with Gasteiger partial charge in [-0.25, -0.2) is 0 Å². The van der Waals surface area contributed by atoms with Crippen molar-refractivity contribution in [2.75, 3.05) is 27.4 Å². The van der Waals surface area contributed by atoms with Gasteiger partial charge in [0, 0.05) is 25.6 Å². The van der Waals surface area contributed by atoms with Crippen LogP contribution in [0.1, 0.15) is 20.3 Å². The molecule has 0 aromatic rings. The number of methoxy groups -OCH3 is 2. The summed E-state index contributed by atoms with van der Waals surface area (Å²) in [6, 6.07) is 0. The Balaban J connectivity index is 1.72. The average Bonchev–Trinajstić information content (AvgIpc) is 3.06. The van der Waals surface area contributed by atoms with Gasteiger partial charge in [0.15, 0.2) is 12.1 Å². The number of hydrogen-bond donors (Lipinski definition) is 0. The van der Waals surface area contributed by atoms with Crippen molar-refractivity contribution in [2.24, 2.45) is 29.1 Å². The molecular formula is C19H26O5. The molecule has 0 aromatic carbocycles. The molecule has 5 rings (SSSR count). The smallest absolute Gasteiger partial charge is 0.236 e. The van der Waals surface area contributed by atoms with Gasteiger partial charge < -0.3 is 18.9 Å². The molecule has 5 heteroatoms. The standard InChI is InChI=1S/C19H26O5/c1-18(2)9-23-17(24-10-18)14-8-13-11-6-5-7-12(11)15(14)19(21-3,22-4)16(13)20/h5-6,8,11-13,15,17H,7,9-10H2,1-4H3/t11?,12?,13-,15-/m1/s1. The summed E-state index contributed by atoms with van der Waals surface area (Å²) in [4.78, 5) is 13.0. The second-order valence-electron chi connectivity index (χ2n) is 8.13. The van der Waals surface area contributed by atoms with Gasteiger partial charge in [0.05, 0.1) is 19.1 Å². The second-order valence-corrected chi connectivity index (χ2v) is 8.13. The van der Waals surface area contributed by atoms with Crippen molar-refractivity contribution in [1.82, 2.24) is 0 Å². The van der Waals surface area contributed by atoms with Crippen molar-refractivity contribution in [3.63, 3.8) is 0 Å². The Kier molecular flexibility index (Phi) is 3.77. The Labute approximate surface area is 143 Å². The highest BCUT2D eigenvalue weighted by Crippen LogP contribution is 2.57. The molecule has 1 aliphatic heterocycles. The van der Waals surface area contributed by atoms with Gasteiger partial charge in [-0.2, -0.15) is 0 Å². The van der Waals surface area contributed by atoms with Gasteiger partial charge >= 0.3 is 0 Å². The van der Waals surface area contributed by atoms with Crippen molar-refractivity contribution in [3.05, 3.63) is 23.8 Å². The van der Waals surface area contributed by atoms with Gasteiger partial charge in [0.2, 0.25) is 5.79 Å². The normalized spacial score (nSPS) is 39.8. The van der Waals surface area contributed by atoms with Gasteiger partial charge in [-0.15, -0.1) is 0 Å². The monoisotopic (exact) mass is 334 g/mol. The molecule has 0 spiro atoms. The van der Waals surface area contributed by atoms with E-state index in [-0.39, 0.29) is 29.0 Å². The molecule has 2 unspecified atom stereocenters. The van der Waals surface area contributed by atoms with Gasteiger partial charge in [-0.05, 0) is 23.8 Å². The second kappa shape index (κ2) is 5.49. The van der Waals surface area contributed by atoms with E-state index in [1.54, 1.807) is 14.2 Å². The fourth-order valence-electron chi connectivity index (χ4n) is 4.89. The quantitative estimate of drug-likeness (QED) is 0.586. The molecule has 4 atom stereocenters. The minimum atomic E-state index is -1.22. The fraction of sp³-hybridized carbons (Fsp3) is 0.737. The largest absolute Gasteiger partial charge is 0.348 e. The summed E-state index contributed by atoms with van der Waals surface area (Å²) < 4.78 is 23.4. The van der Waals surface area contributed by atoms with E-state index in [1.165, 1.54) is 0 Å². The van der Waals surface area contributed by atoms with Crippen LogP contribution in [-0.2, 0) is 23.7 Å². The highest BCUT2D eigenvalue weighted by atomic mass is 16.7. The lowest BCUT2D eigenvalue weighted by atomic mass is 9.56. The molecule has 1 saturated carbocycles. The van der Waals surface area contributed by atoms with Crippen LogP contribution in [0.3, 0.4) is 0 Å². The first kappa shape index (κ1) is 16.5. The number of Topliss-reactive ketones (excluding diaryl/α,β-unsaturated/α-hetero) is 1. The molecule has 0 aromatic heterocycles. The Morgan fingerprint density at radius 1 is 1.17 bits per heavy atom. The highest BCUT2D eigenvalue weighted by molar-refractivity contribution is 5.93. The number of fused-ring (bicyclic) bond motifs is 1. The van der Waals surface area contributed by atoms with Crippen molar-refractivity contribution in [1.29, 1.82) is 0 Å². The predicted octanol–water partition coefficient (Wildman–Crippen LogP) is 2.32. The summed E-state index contributed by atoms with van der Waals surface area (Å²) in [6.07, 6.45) is 6.93. The number of rotatable bonds is 3. The van der Waals surface area contributed by atoms with E-state index in [0.717, 1.165) is 12.0 Å². The predicted molar refractivity (Wildman–Crippen MR) is 87.0 cm³/mol. The maximum atomic E-state index is 13.0. The first-order valence-electron chi connectivity index (χ1n) is 8.69. The SMILES string of the molecule is COC1(OC)C(=O)[C@@H]2C=C(C3OCC(C)(C)CO3)[C@H]1C1CC=CC12. The maximum Gasteiger partial charge on any atom is 0.236 e. The summed E-state index contributed by atoms with van der Waals surface area (Å²) >= 11 is 0. The molecular weight excluding hydrogens is 308 g/mol. The van der Waals surface area contributed by atoms with E-state index in [2.05, 4.69) is 32.1 Å². The van der Waals surface area contributed by atoms with Crippen LogP contribution in [-0.4, -0.2) is 45.3 Å². The first-order valence-corrected chi connectivity index (χ1v) is 8.69. The number of ketones is 1. The number of carbonyl (C=O) groups excluding carboxylic acids is 1. The van der Waals surface area contributed by atoms with E-state index in [9.17, 15) is 4.79 Å². The average molecular weight is 334 g/mol. The summed E-state index contributed by atoms with van der Waals surface area (Å²) in [7, 11) is 3.12. The number of hydrogen-bond acceptors (Lipinski definition) is 5. The van der Waals surface area contributed by atoms with E-state index in [4.69, 9.17) is 18.9 Å².